The molecular weight excluding hydrogens is 381 g/mol. The van der Waals surface area contributed by atoms with Crippen molar-refractivity contribution in [2.24, 2.45) is 0 Å². The molecule has 0 aliphatic carbocycles. The number of aromatic nitrogens is 2. The van der Waals surface area contributed by atoms with E-state index in [9.17, 15) is 9.50 Å². The summed E-state index contributed by atoms with van der Waals surface area (Å²) in [6.07, 6.45) is 0. The van der Waals surface area contributed by atoms with Gasteiger partial charge in [0.25, 0.3) is 0 Å². The molecule has 1 atom stereocenters. The van der Waals surface area contributed by atoms with E-state index in [4.69, 9.17) is 9.72 Å². The Balaban J connectivity index is 1.65. The number of nitrogens with one attached hydrogen (secondary N) is 1. The van der Waals surface area contributed by atoms with Crippen molar-refractivity contribution >= 4 is 16.7 Å². The summed E-state index contributed by atoms with van der Waals surface area (Å²) in [4.78, 5) is 10.3. The molecule has 6 heteroatoms. The lowest BCUT2D eigenvalue weighted by atomic mass is 9.89. The predicted molar refractivity (Wildman–Crippen MR) is 113 cm³/mol. The number of rotatable bonds is 4. The Bertz CT molecular complexity index is 1150. The van der Waals surface area contributed by atoms with E-state index in [1.807, 2.05) is 36.4 Å². The summed E-state index contributed by atoms with van der Waals surface area (Å²) < 4.78 is 19.6. The fourth-order valence-corrected chi connectivity index (χ4v) is 4.00. The Hall–Kier alpha value is -3.38. The second kappa shape index (κ2) is 7.80. The summed E-state index contributed by atoms with van der Waals surface area (Å²) >= 11 is 0. The normalized spacial score (nSPS) is 15.4. The number of aromatic amines is 1. The van der Waals surface area contributed by atoms with Gasteiger partial charge in [-0.25, -0.2) is 9.37 Å². The zero-order chi connectivity index (χ0) is 20.5. The van der Waals surface area contributed by atoms with Crippen LogP contribution in [0.25, 0.3) is 11.0 Å². The first-order chi connectivity index (χ1) is 14.7. The number of imidazole rings is 1. The standard InChI is InChI=1S/C24H21FN3O2/c25-17-8-9-22(29)19(15-17)23(24-26-20-6-1-2-7-21(20)27-24)16-4-3-5-18(14-16)28-10-12-30-13-11-28/h1-2,4-9,14-15,23,29H,10-13H2,(H,26,27). The van der Waals surface area contributed by atoms with Crippen LogP contribution in [0.15, 0.2) is 60.7 Å². The van der Waals surface area contributed by atoms with Crippen LogP contribution in [0.2, 0.25) is 0 Å². The van der Waals surface area contributed by atoms with Gasteiger partial charge in [0.15, 0.2) is 0 Å². The van der Waals surface area contributed by atoms with Crippen molar-refractivity contribution in [1.29, 1.82) is 0 Å². The van der Waals surface area contributed by atoms with Gasteiger partial charge in [0.05, 0.1) is 30.2 Å². The van der Waals surface area contributed by atoms with Crippen LogP contribution in [0, 0.1) is 11.9 Å². The minimum atomic E-state index is -0.467. The van der Waals surface area contributed by atoms with E-state index in [0.29, 0.717) is 24.6 Å². The quantitative estimate of drug-likeness (QED) is 0.536. The SMILES string of the molecule is Oc1ccc(F)cc1C(c1c[c]cc(N2CCOCC2)c1)c1nc2ccccc2[nH]1. The monoisotopic (exact) mass is 402 g/mol. The van der Waals surface area contributed by atoms with E-state index >= 15 is 0 Å². The number of phenols is 1. The molecule has 0 saturated carbocycles. The van der Waals surface area contributed by atoms with E-state index in [1.165, 1.54) is 18.2 Å². The highest BCUT2D eigenvalue weighted by molar-refractivity contribution is 5.75. The maximum absolute atomic E-state index is 14.1. The highest BCUT2D eigenvalue weighted by Gasteiger charge is 2.25. The molecule has 1 saturated heterocycles. The van der Waals surface area contributed by atoms with Gasteiger partial charge in [0.2, 0.25) is 0 Å². The first-order valence-electron chi connectivity index (χ1n) is 9.96. The van der Waals surface area contributed by atoms with Gasteiger partial charge in [-0.1, -0.05) is 12.1 Å². The van der Waals surface area contributed by atoms with Crippen molar-refractivity contribution in [2.75, 3.05) is 31.2 Å². The Morgan fingerprint density at radius 2 is 1.93 bits per heavy atom. The first-order valence-corrected chi connectivity index (χ1v) is 9.96. The maximum atomic E-state index is 14.1. The molecule has 4 aromatic rings. The van der Waals surface area contributed by atoms with E-state index in [2.05, 4.69) is 22.0 Å². The minimum absolute atomic E-state index is 0.0265. The largest absolute Gasteiger partial charge is 0.508 e. The molecule has 1 aromatic heterocycles. The number of anilines is 1. The summed E-state index contributed by atoms with van der Waals surface area (Å²) in [6, 6.07) is 20.8. The van der Waals surface area contributed by atoms with Gasteiger partial charge in [-0.3, -0.25) is 0 Å². The molecule has 1 aliphatic heterocycles. The molecule has 1 unspecified atom stereocenters. The molecule has 0 bridgehead atoms. The Morgan fingerprint density at radius 1 is 1.10 bits per heavy atom. The van der Waals surface area contributed by atoms with Crippen molar-refractivity contribution in [3.8, 4) is 5.75 Å². The van der Waals surface area contributed by atoms with Crippen molar-refractivity contribution in [2.45, 2.75) is 5.92 Å². The van der Waals surface area contributed by atoms with E-state index < -0.39 is 11.7 Å². The van der Waals surface area contributed by atoms with Crippen molar-refractivity contribution in [1.82, 2.24) is 9.97 Å². The van der Waals surface area contributed by atoms with E-state index in [1.54, 1.807) is 0 Å². The molecular formula is C24H21FN3O2. The summed E-state index contributed by atoms with van der Waals surface area (Å²) in [5.74, 6) is -0.203. The molecule has 1 fully saturated rings. The van der Waals surface area contributed by atoms with E-state index in [-0.39, 0.29) is 5.75 Å². The van der Waals surface area contributed by atoms with E-state index in [0.717, 1.165) is 35.4 Å². The van der Waals surface area contributed by atoms with Crippen LogP contribution < -0.4 is 4.90 Å². The van der Waals surface area contributed by atoms with Crippen LogP contribution in [-0.2, 0) is 4.74 Å². The van der Waals surface area contributed by atoms with Crippen LogP contribution in [0.4, 0.5) is 10.1 Å². The average Bonchev–Trinajstić information content (AvgIpc) is 3.21. The van der Waals surface area contributed by atoms with Gasteiger partial charge in [0, 0.05) is 24.3 Å². The van der Waals surface area contributed by atoms with Gasteiger partial charge in [-0.05, 0) is 60.2 Å². The lowest BCUT2D eigenvalue weighted by molar-refractivity contribution is 0.122. The highest BCUT2D eigenvalue weighted by atomic mass is 19.1. The Kier molecular flexibility index (Phi) is 4.85. The number of para-hydroxylation sites is 2. The molecule has 5 nitrogen and oxygen atoms in total. The van der Waals surface area contributed by atoms with Crippen LogP contribution in [0.1, 0.15) is 22.9 Å². The van der Waals surface area contributed by atoms with Gasteiger partial charge >= 0.3 is 0 Å². The number of hydrogen-bond donors (Lipinski definition) is 2. The molecule has 1 aliphatic rings. The zero-order valence-electron chi connectivity index (χ0n) is 16.3. The molecule has 2 N–H and O–H groups in total. The Morgan fingerprint density at radius 3 is 2.77 bits per heavy atom. The number of fused-ring (bicyclic) bond motifs is 1. The Labute approximate surface area is 173 Å². The maximum Gasteiger partial charge on any atom is 0.123 e. The number of nitrogens with zero attached hydrogens (tertiary/aromatic N) is 2. The number of morpholine rings is 1. The van der Waals surface area contributed by atoms with Crippen molar-refractivity contribution < 1.29 is 14.2 Å². The van der Waals surface area contributed by atoms with Crippen LogP contribution in [-0.4, -0.2) is 41.4 Å². The fraction of sp³-hybridized carbons (Fsp3) is 0.208. The number of aromatic hydroxyl groups is 1. The topological polar surface area (TPSA) is 61.4 Å². The highest BCUT2D eigenvalue weighted by Crippen LogP contribution is 2.37. The predicted octanol–water partition coefficient (Wildman–Crippen LogP) is 4.22. The number of phenolic OH excluding ortho intramolecular Hbond substituents is 1. The molecule has 5 rings (SSSR count). The van der Waals surface area contributed by atoms with Gasteiger partial charge in [0.1, 0.15) is 17.4 Å². The number of hydrogen-bond acceptors (Lipinski definition) is 4. The van der Waals surface area contributed by atoms with Crippen molar-refractivity contribution in [3.05, 3.63) is 89.5 Å². The lowest BCUT2D eigenvalue weighted by Gasteiger charge is -2.29. The third-order valence-corrected chi connectivity index (χ3v) is 5.49. The van der Waals surface area contributed by atoms with Crippen molar-refractivity contribution in [3.63, 3.8) is 0 Å². The number of halogens is 1. The van der Waals surface area contributed by atoms with Crippen LogP contribution in [0.3, 0.4) is 0 Å². The average molecular weight is 402 g/mol. The zero-order valence-corrected chi connectivity index (χ0v) is 16.3. The van der Waals surface area contributed by atoms with Gasteiger partial charge < -0.3 is 19.7 Å². The van der Waals surface area contributed by atoms with Gasteiger partial charge in [-0.2, -0.15) is 0 Å². The molecule has 151 valence electrons. The number of H-pyrrole nitrogens is 1. The minimum Gasteiger partial charge on any atom is -0.508 e. The third-order valence-electron chi connectivity index (χ3n) is 5.49. The lowest BCUT2D eigenvalue weighted by Crippen LogP contribution is -2.36. The van der Waals surface area contributed by atoms with Crippen LogP contribution >= 0.6 is 0 Å². The number of benzene rings is 3. The fourth-order valence-electron chi connectivity index (χ4n) is 4.00. The molecule has 3 aromatic carbocycles. The molecule has 0 amide bonds. The molecule has 2 heterocycles. The second-order valence-electron chi connectivity index (χ2n) is 7.40. The van der Waals surface area contributed by atoms with Gasteiger partial charge in [-0.15, -0.1) is 0 Å². The molecule has 30 heavy (non-hydrogen) atoms. The van der Waals surface area contributed by atoms with Crippen LogP contribution in [0.5, 0.6) is 5.75 Å². The first kappa shape index (κ1) is 18.6. The second-order valence-corrected chi connectivity index (χ2v) is 7.40. The summed E-state index contributed by atoms with van der Waals surface area (Å²) in [6.45, 7) is 2.97. The summed E-state index contributed by atoms with van der Waals surface area (Å²) in [7, 11) is 0. The summed E-state index contributed by atoms with van der Waals surface area (Å²) in [5, 5.41) is 10.6. The number of ether oxygens (including phenoxy) is 1. The summed E-state index contributed by atoms with van der Waals surface area (Å²) in [5.41, 5.74) is 4.07. The smallest absolute Gasteiger partial charge is 0.123 e. The molecule has 1 radical (unpaired) electrons. The molecule has 0 spiro atoms. The third kappa shape index (κ3) is 3.50.